The summed E-state index contributed by atoms with van der Waals surface area (Å²) >= 11 is 0. The highest BCUT2D eigenvalue weighted by atomic mass is 16.4. The number of carbonyl (C=O) groups excluding carboxylic acids is 1. The molecule has 0 saturated carbocycles. The van der Waals surface area contributed by atoms with Crippen molar-refractivity contribution in [3.8, 4) is 0 Å². The van der Waals surface area contributed by atoms with Crippen LogP contribution in [0.1, 0.15) is 28.8 Å². The zero-order chi connectivity index (χ0) is 14.4. The number of aliphatic carboxylic acids is 2. The molecule has 0 saturated heterocycles. The van der Waals surface area contributed by atoms with Gasteiger partial charge in [-0.3, -0.25) is 9.59 Å². The molecule has 0 radical (unpaired) electrons. The number of hydrogen-bond donors (Lipinski definition) is 3. The number of carbonyl (C=O) groups is 3. The number of amides is 1. The summed E-state index contributed by atoms with van der Waals surface area (Å²) in [5, 5.41) is 19.8. The Morgan fingerprint density at radius 3 is 2.47 bits per heavy atom. The lowest BCUT2D eigenvalue weighted by molar-refractivity contribution is -0.140. The monoisotopic (exact) mass is 265 g/mol. The Labute approximate surface area is 110 Å². The van der Waals surface area contributed by atoms with Gasteiger partial charge in [-0.2, -0.15) is 0 Å². The van der Waals surface area contributed by atoms with Gasteiger partial charge in [0, 0.05) is 12.0 Å². The standard InChI is InChI=1S/C13H15NO5/c1-8-3-2-4-9(7-8)12(17)14-10(13(18)19)5-6-11(15)16/h2-4,7,10H,5-6H2,1H3,(H,14,17)(H,15,16)(H,18,19). The molecule has 0 aliphatic heterocycles. The fourth-order valence-electron chi connectivity index (χ4n) is 1.55. The maximum atomic E-state index is 11.8. The molecule has 6 heteroatoms. The zero-order valence-electron chi connectivity index (χ0n) is 10.4. The first-order valence-corrected chi connectivity index (χ1v) is 5.72. The van der Waals surface area contributed by atoms with Gasteiger partial charge in [0.1, 0.15) is 6.04 Å². The fourth-order valence-corrected chi connectivity index (χ4v) is 1.55. The van der Waals surface area contributed by atoms with Crippen LogP contribution in [0.3, 0.4) is 0 Å². The van der Waals surface area contributed by atoms with Crippen LogP contribution in [0.5, 0.6) is 0 Å². The molecule has 1 rings (SSSR count). The van der Waals surface area contributed by atoms with Crippen LogP contribution < -0.4 is 5.32 Å². The lowest BCUT2D eigenvalue weighted by Crippen LogP contribution is -2.41. The minimum Gasteiger partial charge on any atom is -0.481 e. The molecule has 1 atom stereocenters. The first kappa shape index (κ1) is 14.7. The third-order valence-electron chi connectivity index (χ3n) is 2.53. The predicted octanol–water partition coefficient (Wildman–Crippen LogP) is 1.04. The Bertz CT molecular complexity index is 498. The van der Waals surface area contributed by atoms with E-state index in [-0.39, 0.29) is 12.8 Å². The summed E-state index contributed by atoms with van der Waals surface area (Å²) < 4.78 is 0. The lowest BCUT2D eigenvalue weighted by Gasteiger charge is -2.13. The Balaban J connectivity index is 2.71. The first-order chi connectivity index (χ1) is 8.90. The number of carboxylic acids is 2. The van der Waals surface area contributed by atoms with Crippen molar-refractivity contribution in [2.75, 3.05) is 0 Å². The molecular weight excluding hydrogens is 250 g/mol. The van der Waals surface area contributed by atoms with E-state index in [1.54, 1.807) is 18.2 Å². The summed E-state index contributed by atoms with van der Waals surface area (Å²) in [6, 6.07) is 5.50. The van der Waals surface area contributed by atoms with E-state index in [0.29, 0.717) is 5.56 Å². The van der Waals surface area contributed by atoms with Crippen molar-refractivity contribution in [1.29, 1.82) is 0 Å². The Morgan fingerprint density at radius 1 is 1.26 bits per heavy atom. The average Bonchev–Trinajstić information content (AvgIpc) is 2.33. The van der Waals surface area contributed by atoms with Crippen LogP contribution >= 0.6 is 0 Å². The summed E-state index contributed by atoms with van der Waals surface area (Å²) in [5.74, 6) is -2.88. The molecule has 0 spiro atoms. The topological polar surface area (TPSA) is 104 Å². The normalized spacial score (nSPS) is 11.6. The van der Waals surface area contributed by atoms with Gasteiger partial charge in [-0.05, 0) is 25.5 Å². The number of benzene rings is 1. The Hall–Kier alpha value is -2.37. The van der Waals surface area contributed by atoms with Crippen molar-refractivity contribution >= 4 is 17.8 Å². The number of aryl methyl sites for hydroxylation is 1. The molecule has 0 aliphatic carbocycles. The number of hydrogen-bond acceptors (Lipinski definition) is 3. The van der Waals surface area contributed by atoms with Gasteiger partial charge in [0.2, 0.25) is 0 Å². The first-order valence-electron chi connectivity index (χ1n) is 5.72. The van der Waals surface area contributed by atoms with Crippen LogP contribution in [-0.2, 0) is 9.59 Å². The second-order valence-corrected chi connectivity index (χ2v) is 4.17. The second-order valence-electron chi connectivity index (χ2n) is 4.17. The summed E-state index contributed by atoms with van der Waals surface area (Å²) in [6.45, 7) is 1.82. The Morgan fingerprint density at radius 2 is 1.95 bits per heavy atom. The van der Waals surface area contributed by atoms with E-state index in [1.807, 2.05) is 13.0 Å². The van der Waals surface area contributed by atoms with E-state index in [2.05, 4.69) is 5.32 Å². The summed E-state index contributed by atoms with van der Waals surface area (Å²) in [5.41, 5.74) is 1.23. The van der Waals surface area contributed by atoms with E-state index in [1.165, 1.54) is 0 Å². The van der Waals surface area contributed by atoms with Crippen LogP contribution in [0.2, 0.25) is 0 Å². The van der Waals surface area contributed by atoms with Crippen LogP contribution in [0.25, 0.3) is 0 Å². The van der Waals surface area contributed by atoms with Gasteiger partial charge >= 0.3 is 11.9 Å². The van der Waals surface area contributed by atoms with Crippen molar-refractivity contribution in [3.05, 3.63) is 35.4 Å². The minimum atomic E-state index is -1.25. The predicted molar refractivity (Wildman–Crippen MR) is 66.9 cm³/mol. The SMILES string of the molecule is Cc1cccc(C(=O)NC(CCC(=O)O)C(=O)O)c1. The maximum Gasteiger partial charge on any atom is 0.326 e. The lowest BCUT2D eigenvalue weighted by atomic mass is 10.1. The summed E-state index contributed by atoms with van der Waals surface area (Å²) in [7, 11) is 0. The number of carboxylic acid groups (broad SMARTS) is 2. The van der Waals surface area contributed by atoms with E-state index in [4.69, 9.17) is 10.2 Å². The maximum absolute atomic E-state index is 11.8. The smallest absolute Gasteiger partial charge is 0.326 e. The molecule has 0 aromatic heterocycles. The van der Waals surface area contributed by atoms with Gasteiger partial charge in [0.05, 0.1) is 0 Å². The van der Waals surface area contributed by atoms with Crippen LogP contribution in [0.4, 0.5) is 0 Å². The van der Waals surface area contributed by atoms with Crippen molar-refractivity contribution in [1.82, 2.24) is 5.32 Å². The van der Waals surface area contributed by atoms with Crippen LogP contribution in [0, 0.1) is 6.92 Å². The van der Waals surface area contributed by atoms with Crippen LogP contribution in [-0.4, -0.2) is 34.1 Å². The van der Waals surface area contributed by atoms with Gasteiger partial charge in [-0.15, -0.1) is 0 Å². The van der Waals surface area contributed by atoms with Crippen molar-refractivity contribution in [3.63, 3.8) is 0 Å². The Kier molecular flexibility index (Phi) is 5.05. The average molecular weight is 265 g/mol. The molecule has 102 valence electrons. The van der Waals surface area contributed by atoms with E-state index < -0.39 is 23.9 Å². The quantitative estimate of drug-likeness (QED) is 0.713. The van der Waals surface area contributed by atoms with Crippen LogP contribution in [0.15, 0.2) is 24.3 Å². The molecule has 0 heterocycles. The molecule has 1 aromatic rings. The summed E-state index contributed by atoms with van der Waals surface area (Å²) in [6.07, 6.45) is -0.465. The largest absolute Gasteiger partial charge is 0.481 e. The molecule has 0 fully saturated rings. The molecule has 3 N–H and O–H groups in total. The fraction of sp³-hybridized carbons (Fsp3) is 0.308. The van der Waals surface area contributed by atoms with Gasteiger partial charge in [-0.1, -0.05) is 17.7 Å². The number of rotatable bonds is 6. The van der Waals surface area contributed by atoms with Crippen molar-refractivity contribution in [2.45, 2.75) is 25.8 Å². The molecule has 19 heavy (non-hydrogen) atoms. The number of nitrogens with one attached hydrogen (secondary N) is 1. The van der Waals surface area contributed by atoms with E-state index >= 15 is 0 Å². The molecule has 6 nitrogen and oxygen atoms in total. The summed E-state index contributed by atoms with van der Waals surface area (Å²) in [4.78, 5) is 33.2. The van der Waals surface area contributed by atoms with E-state index in [0.717, 1.165) is 5.56 Å². The van der Waals surface area contributed by atoms with Gasteiger partial charge < -0.3 is 15.5 Å². The molecular formula is C13H15NO5. The third kappa shape index (κ3) is 4.79. The van der Waals surface area contributed by atoms with Crippen molar-refractivity contribution in [2.24, 2.45) is 0 Å². The van der Waals surface area contributed by atoms with E-state index in [9.17, 15) is 14.4 Å². The molecule has 1 aromatic carbocycles. The third-order valence-corrected chi connectivity index (χ3v) is 2.53. The zero-order valence-corrected chi connectivity index (χ0v) is 10.4. The molecule has 0 bridgehead atoms. The highest BCUT2D eigenvalue weighted by Gasteiger charge is 2.21. The molecule has 1 unspecified atom stereocenters. The second kappa shape index (κ2) is 6.53. The van der Waals surface area contributed by atoms with Crippen molar-refractivity contribution < 1.29 is 24.6 Å². The van der Waals surface area contributed by atoms with Gasteiger partial charge in [-0.25, -0.2) is 4.79 Å². The molecule has 1 amide bonds. The minimum absolute atomic E-state index is 0.151. The van der Waals surface area contributed by atoms with Gasteiger partial charge in [0.15, 0.2) is 0 Å². The highest BCUT2D eigenvalue weighted by molar-refractivity contribution is 5.96. The molecule has 0 aliphatic rings. The van der Waals surface area contributed by atoms with Gasteiger partial charge in [0.25, 0.3) is 5.91 Å². The highest BCUT2D eigenvalue weighted by Crippen LogP contribution is 2.05.